The highest BCUT2D eigenvalue weighted by atomic mass is 16.5. The molecule has 0 aromatic carbocycles. The number of urea groups is 1. The maximum absolute atomic E-state index is 11.9. The maximum atomic E-state index is 11.9. The SMILES string of the molecule is COC(=O)C(C)NC(=O)N(CCC(=O)O)C1CC1. The minimum atomic E-state index is -0.950. The molecule has 18 heavy (non-hydrogen) atoms. The van der Waals surface area contributed by atoms with E-state index in [4.69, 9.17) is 5.11 Å². The molecule has 1 fully saturated rings. The molecule has 1 unspecified atom stereocenters. The largest absolute Gasteiger partial charge is 0.481 e. The lowest BCUT2D eigenvalue weighted by Crippen LogP contribution is -2.48. The molecule has 1 atom stereocenters. The highest BCUT2D eigenvalue weighted by molar-refractivity contribution is 5.83. The third-order valence-corrected chi connectivity index (χ3v) is 2.71. The van der Waals surface area contributed by atoms with Crippen molar-refractivity contribution < 1.29 is 24.2 Å². The molecule has 2 N–H and O–H groups in total. The van der Waals surface area contributed by atoms with E-state index in [0.717, 1.165) is 12.8 Å². The number of carbonyl (C=O) groups is 3. The molecule has 1 aliphatic carbocycles. The Balaban J connectivity index is 2.49. The number of nitrogens with one attached hydrogen (secondary N) is 1. The Hall–Kier alpha value is -1.79. The zero-order valence-corrected chi connectivity index (χ0v) is 10.5. The van der Waals surface area contributed by atoms with E-state index in [1.165, 1.54) is 18.9 Å². The smallest absolute Gasteiger partial charge is 0.328 e. The molecule has 102 valence electrons. The maximum Gasteiger partial charge on any atom is 0.328 e. The first-order valence-corrected chi connectivity index (χ1v) is 5.82. The molecule has 1 rings (SSSR count). The number of nitrogens with zero attached hydrogens (tertiary/aromatic N) is 1. The van der Waals surface area contributed by atoms with Crippen molar-refractivity contribution in [2.45, 2.75) is 38.3 Å². The zero-order chi connectivity index (χ0) is 13.7. The first kappa shape index (κ1) is 14.3. The number of carboxylic acids is 1. The second-order valence-electron chi connectivity index (χ2n) is 4.26. The number of carboxylic acid groups (broad SMARTS) is 1. The van der Waals surface area contributed by atoms with Crippen LogP contribution in [-0.4, -0.2) is 53.7 Å². The molecule has 0 radical (unpaired) electrons. The average Bonchev–Trinajstić information content (AvgIpc) is 3.12. The van der Waals surface area contributed by atoms with E-state index in [-0.39, 0.29) is 19.0 Å². The molecule has 1 saturated carbocycles. The minimum absolute atomic E-state index is 0.0918. The molecule has 0 bridgehead atoms. The third-order valence-electron chi connectivity index (χ3n) is 2.71. The van der Waals surface area contributed by atoms with Crippen molar-refractivity contribution in [2.24, 2.45) is 0 Å². The number of aliphatic carboxylic acids is 1. The summed E-state index contributed by atoms with van der Waals surface area (Å²) in [6, 6.07) is -1.07. The Kier molecular flexibility index (Phi) is 4.94. The van der Waals surface area contributed by atoms with Crippen LogP contribution in [0.3, 0.4) is 0 Å². The van der Waals surface area contributed by atoms with Crippen molar-refractivity contribution in [3.8, 4) is 0 Å². The van der Waals surface area contributed by atoms with Crippen molar-refractivity contribution in [1.82, 2.24) is 10.2 Å². The summed E-state index contributed by atoms with van der Waals surface area (Å²) in [7, 11) is 1.24. The molecule has 1 aliphatic rings. The Morgan fingerprint density at radius 2 is 2.06 bits per heavy atom. The van der Waals surface area contributed by atoms with E-state index >= 15 is 0 Å². The van der Waals surface area contributed by atoms with Crippen LogP contribution in [-0.2, 0) is 14.3 Å². The van der Waals surface area contributed by atoms with Gasteiger partial charge in [-0.1, -0.05) is 0 Å². The van der Waals surface area contributed by atoms with E-state index in [9.17, 15) is 14.4 Å². The van der Waals surface area contributed by atoms with Gasteiger partial charge in [0.15, 0.2) is 0 Å². The number of hydrogen-bond acceptors (Lipinski definition) is 4. The summed E-state index contributed by atoms with van der Waals surface area (Å²) in [6.45, 7) is 1.67. The van der Waals surface area contributed by atoms with Gasteiger partial charge in [0.05, 0.1) is 13.5 Å². The molecule has 0 aromatic heterocycles. The van der Waals surface area contributed by atoms with Gasteiger partial charge < -0.3 is 20.1 Å². The highest BCUT2D eigenvalue weighted by Crippen LogP contribution is 2.26. The van der Waals surface area contributed by atoms with Gasteiger partial charge in [0.1, 0.15) is 6.04 Å². The fourth-order valence-corrected chi connectivity index (χ4v) is 1.56. The van der Waals surface area contributed by atoms with Gasteiger partial charge in [-0.15, -0.1) is 0 Å². The number of methoxy groups -OCH3 is 1. The molecule has 0 aliphatic heterocycles. The van der Waals surface area contributed by atoms with Gasteiger partial charge in [-0.3, -0.25) is 4.79 Å². The second kappa shape index (κ2) is 6.23. The number of amides is 2. The summed E-state index contributed by atoms with van der Waals surface area (Å²) in [5.41, 5.74) is 0. The molecule has 2 amide bonds. The van der Waals surface area contributed by atoms with Crippen molar-refractivity contribution >= 4 is 18.0 Å². The van der Waals surface area contributed by atoms with Crippen LogP contribution in [0.2, 0.25) is 0 Å². The molecular formula is C11H18N2O5. The number of hydrogen-bond donors (Lipinski definition) is 2. The third kappa shape index (κ3) is 4.23. The van der Waals surface area contributed by atoms with Crippen LogP contribution < -0.4 is 5.32 Å². The summed E-state index contributed by atoms with van der Waals surface area (Å²) in [5.74, 6) is -1.48. The average molecular weight is 258 g/mol. The van der Waals surface area contributed by atoms with Crippen molar-refractivity contribution in [1.29, 1.82) is 0 Å². The summed E-state index contributed by atoms with van der Waals surface area (Å²) in [5, 5.41) is 11.1. The van der Waals surface area contributed by atoms with Crippen LogP contribution in [0.15, 0.2) is 0 Å². The Bertz CT molecular complexity index is 340. The number of ether oxygens (including phenoxy) is 1. The van der Waals surface area contributed by atoms with E-state index in [1.807, 2.05) is 0 Å². The molecule has 7 nitrogen and oxygen atoms in total. The lowest BCUT2D eigenvalue weighted by molar-refractivity contribution is -0.142. The van der Waals surface area contributed by atoms with Gasteiger partial charge in [0, 0.05) is 12.6 Å². The molecule has 0 spiro atoms. The van der Waals surface area contributed by atoms with Crippen LogP contribution in [0.1, 0.15) is 26.2 Å². The predicted molar refractivity (Wildman–Crippen MR) is 62.0 cm³/mol. The summed E-state index contributed by atoms with van der Waals surface area (Å²) < 4.78 is 4.50. The van der Waals surface area contributed by atoms with E-state index in [1.54, 1.807) is 0 Å². The quantitative estimate of drug-likeness (QED) is 0.663. The van der Waals surface area contributed by atoms with Crippen molar-refractivity contribution in [3.63, 3.8) is 0 Å². The summed E-state index contributed by atoms with van der Waals surface area (Å²) >= 11 is 0. The zero-order valence-electron chi connectivity index (χ0n) is 10.5. The standard InChI is InChI=1S/C11H18N2O5/c1-7(10(16)18-2)12-11(17)13(8-3-4-8)6-5-9(14)15/h7-8H,3-6H2,1-2H3,(H,12,17)(H,14,15). The van der Waals surface area contributed by atoms with Crippen molar-refractivity contribution in [2.75, 3.05) is 13.7 Å². The number of esters is 1. The van der Waals surface area contributed by atoms with E-state index < -0.39 is 24.0 Å². The number of rotatable bonds is 6. The predicted octanol–water partition coefficient (Wildman–Crippen LogP) is 0.197. The van der Waals surface area contributed by atoms with Gasteiger partial charge in [0.25, 0.3) is 0 Å². The molecule has 7 heteroatoms. The topological polar surface area (TPSA) is 95.9 Å². The Morgan fingerprint density at radius 3 is 2.50 bits per heavy atom. The van der Waals surface area contributed by atoms with E-state index in [2.05, 4.69) is 10.1 Å². The normalized spacial score (nSPS) is 15.7. The Labute approximate surface area is 105 Å². The molecule has 0 aromatic rings. The summed E-state index contributed by atoms with van der Waals surface area (Å²) in [4.78, 5) is 35.0. The lowest BCUT2D eigenvalue weighted by atomic mass is 10.3. The summed E-state index contributed by atoms with van der Waals surface area (Å²) in [6.07, 6.45) is 1.65. The minimum Gasteiger partial charge on any atom is -0.481 e. The fourth-order valence-electron chi connectivity index (χ4n) is 1.56. The molecular weight excluding hydrogens is 240 g/mol. The van der Waals surface area contributed by atoms with Gasteiger partial charge in [-0.25, -0.2) is 9.59 Å². The lowest BCUT2D eigenvalue weighted by Gasteiger charge is -2.23. The van der Waals surface area contributed by atoms with Crippen LogP contribution in [0.5, 0.6) is 0 Å². The first-order valence-electron chi connectivity index (χ1n) is 5.82. The highest BCUT2D eigenvalue weighted by Gasteiger charge is 2.33. The first-order chi connectivity index (χ1) is 8.45. The van der Waals surface area contributed by atoms with Gasteiger partial charge in [-0.2, -0.15) is 0 Å². The van der Waals surface area contributed by atoms with Crippen LogP contribution in [0, 0.1) is 0 Å². The van der Waals surface area contributed by atoms with E-state index in [0.29, 0.717) is 0 Å². The fraction of sp³-hybridized carbons (Fsp3) is 0.727. The van der Waals surface area contributed by atoms with Crippen molar-refractivity contribution in [3.05, 3.63) is 0 Å². The van der Waals surface area contributed by atoms with Gasteiger partial charge >= 0.3 is 18.0 Å². The molecule has 0 saturated heterocycles. The monoisotopic (exact) mass is 258 g/mol. The van der Waals surface area contributed by atoms with Crippen LogP contribution >= 0.6 is 0 Å². The van der Waals surface area contributed by atoms with Gasteiger partial charge in [-0.05, 0) is 19.8 Å². The number of carbonyl (C=O) groups excluding carboxylic acids is 2. The van der Waals surface area contributed by atoms with Crippen LogP contribution in [0.4, 0.5) is 4.79 Å². The second-order valence-corrected chi connectivity index (χ2v) is 4.26. The molecule has 0 heterocycles. The van der Waals surface area contributed by atoms with Gasteiger partial charge in [0.2, 0.25) is 0 Å². The van der Waals surface area contributed by atoms with Crippen LogP contribution in [0.25, 0.3) is 0 Å². The Morgan fingerprint density at radius 1 is 1.44 bits per heavy atom.